The Balaban J connectivity index is 1.87. The van der Waals surface area contributed by atoms with E-state index < -0.39 is 10.0 Å². The van der Waals surface area contributed by atoms with Crippen molar-refractivity contribution in [3.8, 4) is 5.75 Å². The van der Waals surface area contributed by atoms with E-state index in [1.54, 1.807) is 12.1 Å². The van der Waals surface area contributed by atoms with Gasteiger partial charge in [-0.3, -0.25) is 4.79 Å². The van der Waals surface area contributed by atoms with Gasteiger partial charge in [0.05, 0.1) is 17.8 Å². The second-order valence-corrected chi connectivity index (χ2v) is 10.0. The number of nitrogens with zero attached hydrogens (tertiary/aromatic N) is 2. The zero-order chi connectivity index (χ0) is 21.0. The Kier molecular flexibility index (Phi) is 6.92. The summed E-state index contributed by atoms with van der Waals surface area (Å²) in [4.78, 5) is 17.8. The number of thiazole rings is 1. The van der Waals surface area contributed by atoms with Gasteiger partial charge in [0.2, 0.25) is 10.0 Å². The zero-order valence-corrected chi connectivity index (χ0v) is 18.7. The number of aryl methyl sites for hydroxylation is 2. The second-order valence-electron chi connectivity index (χ2n) is 7.06. The molecule has 2 aromatic rings. The Morgan fingerprint density at radius 3 is 2.66 bits per heavy atom. The minimum atomic E-state index is -3.69. The molecule has 0 spiro atoms. The van der Waals surface area contributed by atoms with Crippen LogP contribution in [0.3, 0.4) is 0 Å². The van der Waals surface area contributed by atoms with E-state index in [-0.39, 0.29) is 16.6 Å². The first kappa shape index (κ1) is 21.7. The summed E-state index contributed by atoms with van der Waals surface area (Å²) in [6.07, 6.45) is 4.53. The number of aromatic nitrogens is 1. The molecule has 1 amide bonds. The number of carbonyl (C=O) groups excluding carboxylic acids is 1. The molecule has 29 heavy (non-hydrogen) atoms. The number of hydrogen-bond acceptors (Lipinski definition) is 6. The Morgan fingerprint density at radius 1 is 1.28 bits per heavy atom. The third-order valence-corrected chi connectivity index (χ3v) is 8.00. The summed E-state index contributed by atoms with van der Waals surface area (Å²) in [6, 6.07) is 4.70. The highest BCUT2D eigenvalue weighted by Gasteiger charge is 2.29. The molecule has 1 saturated heterocycles. The summed E-state index contributed by atoms with van der Waals surface area (Å²) < 4.78 is 33.0. The molecule has 1 N–H and O–H groups in total. The maximum absolute atomic E-state index is 13.1. The first-order valence-electron chi connectivity index (χ1n) is 9.82. The summed E-state index contributed by atoms with van der Waals surface area (Å²) >= 11 is 1.38. The number of anilines is 1. The molecule has 0 atom stereocenters. The lowest BCUT2D eigenvalue weighted by molar-refractivity contribution is 0.102. The molecule has 0 radical (unpaired) electrons. The van der Waals surface area contributed by atoms with E-state index in [1.807, 2.05) is 6.92 Å². The van der Waals surface area contributed by atoms with Gasteiger partial charge < -0.3 is 10.1 Å². The van der Waals surface area contributed by atoms with Crippen LogP contribution in [0.25, 0.3) is 0 Å². The molecule has 2 heterocycles. The first-order valence-corrected chi connectivity index (χ1v) is 12.1. The van der Waals surface area contributed by atoms with Crippen LogP contribution in [0.1, 0.15) is 53.0 Å². The molecule has 3 rings (SSSR count). The van der Waals surface area contributed by atoms with Gasteiger partial charge in [0.25, 0.3) is 5.91 Å². The van der Waals surface area contributed by atoms with Gasteiger partial charge in [-0.25, -0.2) is 13.4 Å². The van der Waals surface area contributed by atoms with Gasteiger partial charge in [-0.2, -0.15) is 4.31 Å². The molecule has 9 heteroatoms. The minimum Gasteiger partial charge on any atom is -0.495 e. The zero-order valence-electron chi connectivity index (χ0n) is 17.0. The monoisotopic (exact) mass is 437 g/mol. The maximum Gasteiger partial charge on any atom is 0.267 e. The molecule has 1 aliphatic rings. The number of methoxy groups -OCH3 is 1. The molecule has 0 bridgehead atoms. The smallest absolute Gasteiger partial charge is 0.267 e. The van der Waals surface area contributed by atoms with Crippen molar-refractivity contribution < 1.29 is 17.9 Å². The average Bonchev–Trinajstić information content (AvgIpc) is 3.09. The van der Waals surface area contributed by atoms with E-state index in [4.69, 9.17) is 4.74 Å². The predicted molar refractivity (Wildman–Crippen MR) is 114 cm³/mol. The normalized spacial score (nSPS) is 15.3. The van der Waals surface area contributed by atoms with Crippen molar-refractivity contribution >= 4 is 33.0 Å². The van der Waals surface area contributed by atoms with Crippen LogP contribution < -0.4 is 10.1 Å². The Labute approximate surface area is 176 Å². The fourth-order valence-electron chi connectivity index (χ4n) is 3.37. The van der Waals surface area contributed by atoms with E-state index in [2.05, 4.69) is 17.2 Å². The van der Waals surface area contributed by atoms with Crippen LogP contribution in [0.15, 0.2) is 23.1 Å². The van der Waals surface area contributed by atoms with Gasteiger partial charge in [-0.05, 0) is 50.8 Å². The fraction of sp³-hybridized carbons (Fsp3) is 0.500. The van der Waals surface area contributed by atoms with E-state index in [9.17, 15) is 13.2 Å². The molecule has 0 aliphatic carbocycles. The number of sulfonamides is 1. The first-order chi connectivity index (χ1) is 13.9. The average molecular weight is 438 g/mol. The summed E-state index contributed by atoms with van der Waals surface area (Å²) in [5, 5.41) is 3.74. The lowest BCUT2D eigenvalue weighted by Gasteiger charge is -2.26. The maximum atomic E-state index is 13.1. The Hall–Kier alpha value is -1.97. The molecule has 1 fully saturated rings. The van der Waals surface area contributed by atoms with Crippen molar-refractivity contribution in [1.29, 1.82) is 0 Å². The van der Waals surface area contributed by atoms with Crippen molar-refractivity contribution in [3.63, 3.8) is 0 Å². The molecular formula is C20H27N3O4S2. The van der Waals surface area contributed by atoms with Crippen LogP contribution in [-0.2, 0) is 16.4 Å². The standard InChI is InChI=1S/C20H27N3O4S2/c1-4-8-18-21-14(2)19(28-18)20(24)22-15-9-10-16(27-3)17(13-15)29(25,26)23-11-6-5-7-12-23/h9-10,13H,4-8,11-12H2,1-3H3,(H,22,24). The van der Waals surface area contributed by atoms with E-state index in [1.165, 1.54) is 28.8 Å². The van der Waals surface area contributed by atoms with Crippen molar-refractivity contribution in [3.05, 3.63) is 33.8 Å². The van der Waals surface area contributed by atoms with Crippen molar-refractivity contribution in [1.82, 2.24) is 9.29 Å². The molecule has 1 aromatic heterocycles. The van der Waals surface area contributed by atoms with Crippen LogP contribution in [0.4, 0.5) is 5.69 Å². The highest BCUT2D eigenvalue weighted by atomic mass is 32.2. The number of benzene rings is 1. The van der Waals surface area contributed by atoms with Crippen molar-refractivity contribution in [2.45, 2.75) is 50.8 Å². The molecule has 0 saturated carbocycles. The third kappa shape index (κ3) is 4.79. The van der Waals surface area contributed by atoms with E-state index >= 15 is 0 Å². The largest absolute Gasteiger partial charge is 0.495 e. The lowest BCUT2D eigenvalue weighted by atomic mass is 10.2. The lowest BCUT2D eigenvalue weighted by Crippen LogP contribution is -2.35. The number of piperidine rings is 1. The van der Waals surface area contributed by atoms with Gasteiger partial charge in [0.15, 0.2) is 0 Å². The molecule has 1 aromatic carbocycles. The van der Waals surface area contributed by atoms with Crippen LogP contribution in [0, 0.1) is 6.92 Å². The molecule has 0 unspecified atom stereocenters. The fourth-order valence-corrected chi connectivity index (χ4v) is 6.13. The Bertz CT molecular complexity index is 980. The number of carbonyl (C=O) groups is 1. The van der Waals surface area contributed by atoms with Gasteiger partial charge >= 0.3 is 0 Å². The SMILES string of the molecule is CCCc1nc(C)c(C(=O)Nc2ccc(OC)c(S(=O)(=O)N3CCCCC3)c2)s1. The number of rotatable bonds is 7. The summed E-state index contributed by atoms with van der Waals surface area (Å²) in [5.74, 6) is -0.0124. The number of nitrogens with one attached hydrogen (secondary N) is 1. The topological polar surface area (TPSA) is 88.6 Å². The van der Waals surface area contributed by atoms with Gasteiger partial charge in [-0.15, -0.1) is 11.3 Å². The summed E-state index contributed by atoms with van der Waals surface area (Å²) in [5.41, 5.74) is 1.10. The van der Waals surface area contributed by atoms with E-state index in [0.717, 1.165) is 37.1 Å². The highest BCUT2D eigenvalue weighted by molar-refractivity contribution is 7.89. The highest BCUT2D eigenvalue weighted by Crippen LogP contribution is 2.31. The van der Waals surface area contributed by atoms with Crippen LogP contribution in [0.2, 0.25) is 0 Å². The summed E-state index contributed by atoms with van der Waals surface area (Å²) in [7, 11) is -2.25. The van der Waals surface area contributed by atoms with Crippen LogP contribution >= 0.6 is 11.3 Å². The minimum absolute atomic E-state index is 0.0763. The number of ether oxygens (including phenoxy) is 1. The number of amides is 1. The molecule has 158 valence electrons. The van der Waals surface area contributed by atoms with Crippen LogP contribution in [-0.4, -0.2) is 43.8 Å². The van der Waals surface area contributed by atoms with Crippen LogP contribution in [0.5, 0.6) is 5.75 Å². The summed E-state index contributed by atoms with van der Waals surface area (Å²) in [6.45, 7) is 4.88. The van der Waals surface area contributed by atoms with Gasteiger partial charge in [-0.1, -0.05) is 13.3 Å². The number of hydrogen-bond donors (Lipinski definition) is 1. The Morgan fingerprint density at radius 2 is 2.00 bits per heavy atom. The van der Waals surface area contributed by atoms with Gasteiger partial charge in [0.1, 0.15) is 15.5 Å². The van der Waals surface area contributed by atoms with Crippen molar-refractivity contribution in [2.75, 3.05) is 25.5 Å². The quantitative estimate of drug-likeness (QED) is 0.711. The van der Waals surface area contributed by atoms with E-state index in [0.29, 0.717) is 29.3 Å². The molecule has 7 nitrogen and oxygen atoms in total. The third-order valence-electron chi connectivity index (χ3n) is 4.87. The molecular weight excluding hydrogens is 410 g/mol. The predicted octanol–water partition coefficient (Wildman–Crippen LogP) is 3.84. The molecule has 1 aliphatic heterocycles. The van der Waals surface area contributed by atoms with Gasteiger partial charge in [0, 0.05) is 18.8 Å². The van der Waals surface area contributed by atoms with Crippen molar-refractivity contribution in [2.24, 2.45) is 0 Å². The second kappa shape index (κ2) is 9.23.